The zero-order valence-corrected chi connectivity index (χ0v) is 9.26. The monoisotopic (exact) mass is 198 g/mol. The highest BCUT2D eigenvalue weighted by molar-refractivity contribution is 6.30. The molecule has 0 radical (unpaired) electrons. The lowest BCUT2D eigenvalue weighted by molar-refractivity contribution is 0.333. The molecule has 0 aromatic carbocycles. The summed E-state index contributed by atoms with van der Waals surface area (Å²) in [5.41, 5.74) is 1.05. The van der Waals surface area contributed by atoms with Crippen LogP contribution in [-0.2, 0) is 0 Å². The Bertz CT molecular complexity index is 291. The van der Waals surface area contributed by atoms with Gasteiger partial charge in [0.05, 0.1) is 5.69 Å². The highest BCUT2D eigenvalue weighted by Crippen LogP contribution is 2.35. The fourth-order valence-corrected chi connectivity index (χ4v) is 1.30. The van der Waals surface area contributed by atoms with Crippen molar-refractivity contribution in [2.75, 3.05) is 0 Å². The van der Waals surface area contributed by atoms with Crippen molar-refractivity contribution >= 4 is 11.6 Å². The third-order valence-electron chi connectivity index (χ3n) is 2.39. The summed E-state index contributed by atoms with van der Waals surface area (Å²) in [6.45, 7) is 8.63. The Morgan fingerprint density at radius 2 is 1.77 bits per heavy atom. The van der Waals surface area contributed by atoms with E-state index in [0.717, 1.165) is 5.69 Å². The molecule has 1 heterocycles. The van der Waals surface area contributed by atoms with Gasteiger partial charge in [0, 0.05) is 18.3 Å². The highest BCUT2D eigenvalue weighted by atomic mass is 35.5. The molecule has 0 saturated carbocycles. The van der Waals surface area contributed by atoms with Crippen LogP contribution in [0.5, 0.6) is 0 Å². The first-order chi connectivity index (χ1) is 5.93. The first kappa shape index (κ1) is 10.5. The molecule has 0 aliphatic rings. The van der Waals surface area contributed by atoms with Crippen molar-refractivity contribution in [1.82, 2.24) is 9.97 Å². The molecule has 0 aliphatic heterocycles. The predicted molar refractivity (Wildman–Crippen MR) is 54.9 cm³/mol. The maximum absolute atomic E-state index is 5.95. The van der Waals surface area contributed by atoms with Gasteiger partial charge in [-0.05, 0) is 5.41 Å². The van der Waals surface area contributed by atoms with Crippen LogP contribution < -0.4 is 0 Å². The third-order valence-corrected chi connectivity index (χ3v) is 2.68. The molecule has 2 nitrogen and oxygen atoms in total. The van der Waals surface area contributed by atoms with Gasteiger partial charge >= 0.3 is 0 Å². The topological polar surface area (TPSA) is 25.8 Å². The van der Waals surface area contributed by atoms with Crippen LogP contribution in [0.1, 0.15) is 39.3 Å². The summed E-state index contributed by atoms with van der Waals surface area (Å²) in [5.74, 6) is 0.314. The first-order valence-electron chi connectivity index (χ1n) is 4.39. The zero-order chi connectivity index (χ0) is 10.1. The molecule has 0 spiro atoms. The van der Waals surface area contributed by atoms with Gasteiger partial charge < -0.3 is 0 Å². The fourth-order valence-electron chi connectivity index (χ4n) is 1.03. The Hall–Kier alpha value is -0.630. The largest absolute Gasteiger partial charge is 0.256 e. The van der Waals surface area contributed by atoms with E-state index in [2.05, 4.69) is 37.7 Å². The van der Waals surface area contributed by atoms with Gasteiger partial charge in [-0.3, -0.25) is 4.98 Å². The molecule has 0 amide bonds. The van der Waals surface area contributed by atoms with E-state index < -0.39 is 0 Å². The number of halogens is 1. The van der Waals surface area contributed by atoms with Crippen LogP contribution in [-0.4, -0.2) is 9.97 Å². The van der Waals surface area contributed by atoms with Crippen molar-refractivity contribution in [2.24, 2.45) is 5.41 Å². The van der Waals surface area contributed by atoms with E-state index in [4.69, 9.17) is 11.6 Å². The lowest BCUT2D eigenvalue weighted by Crippen LogP contribution is -2.17. The molecule has 1 unspecified atom stereocenters. The highest BCUT2D eigenvalue weighted by Gasteiger charge is 2.24. The Morgan fingerprint density at radius 3 is 2.23 bits per heavy atom. The molecular weight excluding hydrogens is 184 g/mol. The molecule has 0 aliphatic carbocycles. The molecular formula is C10H15ClN2. The van der Waals surface area contributed by atoms with Crippen molar-refractivity contribution in [3.8, 4) is 0 Å². The first-order valence-corrected chi connectivity index (χ1v) is 4.77. The van der Waals surface area contributed by atoms with Gasteiger partial charge in [0.2, 0.25) is 0 Å². The van der Waals surface area contributed by atoms with Crippen molar-refractivity contribution in [3.05, 3.63) is 23.2 Å². The second-order valence-corrected chi connectivity index (χ2v) is 4.68. The van der Waals surface area contributed by atoms with Crippen LogP contribution in [0.25, 0.3) is 0 Å². The van der Waals surface area contributed by atoms with E-state index in [-0.39, 0.29) is 5.41 Å². The molecule has 0 bridgehead atoms. The van der Waals surface area contributed by atoms with E-state index in [1.165, 1.54) is 0 Å². The molecule has 72 valence electrons. The van der Waals surface area contributed by atoms with E-state index in [1.807, 2.05) is 0 Å². The fraction of sp³-hybridized carbons (Fsp3) is 0.600. The Kier molecular flexibility index (Phi) is 2.91. The lowest BCUT2D eigenvalue weighted by atomic mass is 9.80. The van der Waals surface area contributed by atoms with Crippen molar-refractivity contribution in [1.29, 1.82) is 0 Å². The average Bonchev–Trinajstić information content (AvgIpc) is 2.02. The Morgan fingerprint density at radius 1 is 1.23 bits per heavy atom. The van der Waals surface area contributed by atoms with E-state index in [1.54, 1.807) is 12.4 Å². The number of hydrogen-bond donors (Lipinski definition) is 0. The van der Waals surface area contributed by atoms with Crippen LogP contribution in [0, 0.1) is 5.41 Å². The molecule has 3 heteroatoms. The van der Waals surface area contributed by atoms with Gasteiger partial charge in [-0.25, -0.2) is 4.98 Å². The second-order valence-electron chi connectivity index (χ2n) is 4.32. The van der Waals surface area contributed by atoms with E-state index in [0.29, 0.717) is 11.1 Å². The number of hydrogen-bond acceptors (Lipinski definition) is 2. The molecule has 13 heavy (non-hydrogen) atoms. The summed E-state index contributed by atoms with van der Waals surface area (Å²) >= 11 is 5.95. The Labute approximate surface area is 84.4 Å². The van der Waals surface area contributed by atoms with Crippen molar-refractivity contribution < 1.29 is 0 Å². The zero-order valence-electron chi connectivity index (χ0n) is 8.50. The van der Waals surface area contributed by atoms with Crippen LogP contribution in [0.15, 0.2) is 12.4 Å². The SMILES string of the molecule is CC(c1nccnc1Cl)C(C)(C)C. The summed E-state index contributed by atoms with van der Waals surface area (Å²) < 4.78 is 0. The van der Waals surface area contributed by atoms with Gasteiger partial charge in [0.25, 0.3) is 0 Å². The van der Waals surface area contributed by atoms with Crippen LogP contribution >= 0.6 is 11.6 Å². The lowest BCUT2D eigenvalue weighted by Gasteiger charge is -2.26. The molecule has 0 saturated heterocycles. The summed E-state index contributed by atoms with van der Waals surface area (Å²) in [5, 5.41) is 0.518. The van der Waals surface area contributed by atoms with Crippen LogP contribution in [0.3, 0.4) is 0 Å². The van der Waals surface area contributed by atoms with Crippen molar-refractivity contribution in [2.45, 2.75) is 33.6 Å². The smallest absolute Gasteiger partial charge is 0.150 e. The third kappa shape index (κ3) is 2.41. The van der Waals surface area contributed by atoms with Gasteiger partial charge in [-0.15, -0.1) is 0 Å². The molecule has 1 rings (SSSR count). The normalized spacial score (nSPS) is 14.2. The quantitative estimate of drug-likeness (QED) is 0.692. The molecule has 1 aromatic heterocycles. The van der Waals surface area contributed by atoms with E-state index in [9.17, 15) is 0 Å². The number of nitrogens with zero attached hydrogens (tertiary/aromatic N) is 2. The van der Waals surface area contributed by atoms with Gasteiger partial charge in [0.1, 0.15) is 0 Å². The molecule has 1 atom stereocenters. The minimum Gasteiger partial charge on any atom is -0.256 e. The summed E-state index contributed by atoms with van der Waals surface area (Å²) in [6, 6.07) is 0. The Balaban J connectivity index is 3.02. The maximum Gasteiger partial charge on any atom is 0.150 e. The molecule has 0 fully saturated rings. The van der Waals surface area contributed by atoms with Gasteiger partial charge in [-0.1, -0.05) is 39.3 Å². The summed E-state index contributed by atoms with van der Waals surface area (Å²) in [6.07, 6.45) is 3.30. The van der Waals surface area contributed by atoms with Crippen LogP contribution in [0.4, 0.5) is 0 Å². The maximum atomic E-state index is 5.95. The standard InChI is InChI=1S/C10H15ClN2/c1-7(10(2,3)4)8-9(11)13-6-5-12-8/h5-7H,1-4H3. The van der Waals surface area contributed by atoms with Gasteiger partial charge in [-0.2, -0.15) is 0 Å². The minimum atomic E-state index is 0.166. The van der Waals surface area contributed by atoms with E-state index >= 15 is 0 Å². The molecule has 1 aromatic rings. The van der Waals surface area contributed by atoms with Crippen molar-refractivity contribution in [3.63, 3.8) is 0 Å². The predicted octanol–water partition coefficient (Wildman–Crippen LogP) is 3.28. The van der Waals surface area contributed by atoms with Gasteiger partial charge in [0.15, 0.2) is 5.15 Å². The molecule has 0 N–H and O–H groups in total. The number of rotatable bonds is 1. The number of aromatic nitrogens is 2. The average molecular weight is 199 g/mol. The summed E-state index contributed by atoms with van der Waals surface area (Å²) in [4.78, 5) is 8.27. The van der Waals surface area contributed by atoms with Crippen LogP contribution in [0.2, 0.25) is 5.15 Å². The minimum absolute atomic E-state index is 0.166. The summed E-state index contributed by atoms with van der Waals surface area (Å²) in [7, 11) is 0. The second kappa shape index (κ2) is 3.62.